The minimum Gasteiger partial charge on any atom is -0.311 e. The fraction of sp³-hybridized carbons (Fsp3) is 0.667. The lowest BCUT2D eigenvalue weighted by Gasteiger charge is -2.44. The highest BCUT2D eigenvalue weighted by atomic mass is 15.2. The molecule has 1 aliphatic heterocycles. The number of nitrogens with zero attached hydrogens (tertiary/aromatic N) is 1. The topological polar surface area (TPSA) is 15.3 Å². The molecule has 1 saturated heterocycles. The molecule has 1 heterocycles. The van der Waals surface area contributed by atoms with Crippen molar-refractivity contribution in [1.29, 1.82) is 0 Å². The summed E-state index contributed by atoms with van der Waals surface area (Å²) in [5, 5.41) is 3.78. The van der Waals surface area contributed by atoms with Crippen LogP contribution in [0.15, 0.2) is 30.3 Å². The molecule has 2 rings (SSSR count). The van der Waals surface area contributed by atoms with Gasteiger partial charge in [0.15, 0.2) is 0 Å². The zero-order valence-electron chi connectivity index (χ0n) is 13.5. The van der Waals surface area contributed by atoms with Crippen molar-refractivity contribution in [2.45, 2.75) is 58.7 Å². The van der Waals surface area contributed by atoms with Gasteiger partial charge in [0.1, 0.15) is 0 Å². The Labute approximate surface area is 124 Å². The number of nitrogens with one attached hydrogen (secondary N) is 1. The van der Waals surface area contributed by atoms with Crippen LogP contribution in [-0.2, 0) is 6.42 Å². The lowest BCUT2D eigenvalue weighted by atomic mass is 9.92. The molecule has 1 N–H and O–H groups in total. The van der Waals surface area contributed by atoms with Gasteiger partial charge in [-0.1, -0.05) is 50.6 Å². The Morgan fingerprint density at radius 3 is 2.50 bits per heavy atom. The first-order chi connectivity index (χ1) is 9.61. The van der Waals surface area contributed by atoms with Crippen molar-refractivity contribution in [3.8, 4) is 0 Å². The molecule has 0 aliphatic carbocycles. The van der Waals surface area contributed by atoms with Gasteiger partial charge >= 0.3 is 0 Å². The Morgan fingerprint density at radius 2 is 1.90 bits per heavy atom. The molecule has 0 aromatic heterocycles. The standard InChI is InChI=1S/C18H30N2/c1-5-15(4)18-13-20(14(2)3)17(12-19-18)11-16-9-7-6-8-10-16/h6-10,14-15,17-19H,5,11-13H2,1-4H3. The Hall–Kier alpha value is -0.860. The van der Waals surface area contributed by atoms with Gasteiger partial charge < -0.3 is 5.32 Å². The van der Waals surface area contributed by atoms with Crippen LogP contribution in [0.2, 0.25) is 0 Å². The van der Waals surface area contributed by atoms with E-state index in [2.05, 4.69) is 68.2 Å². The number of benzene rings is 1. The first-order valence-electron chi connectivity index (χ1n) is 8.14. The number of rotatable bonds is 5. The first kappa shape index (κ1) is 15.5. The molecule has 1 aromatic rings. The van der Waals surface area contributed by atoms with Gasteiger partial charge in [0.25, 0.3) is 0 Å². The van der Waals surface area contributed by atoms with Crippen molar-refractivity contribution >= 4 is 0 Å². The fourth-order valence-corrected chi connectivity index (χ4v) is 3.22. The summed E-state index contributed by atoms with van der Waals surface area (Å²) in [5.74, 6) is 0.758. The summed E-state index contributed by atoms with van der Waals surface area (Å²) in [4.78, 5) is 2.69. The van der Waals surface area contributed by atoms with E-state index in [-0.39, 0.29) is 0 Å². The number of hydrogen-bond acceptors (Lipinski definition) is 2. The summed E-state index contributed by atoms with van der Waals surface area (Å²) in [6.07, 6.45) is 2.41. The molecule has 0 saturated carbocycles. The molecule has 112 valence electrons. The maximum absolute atomic E-state index is 3.78. The van der Waals surface area contributed by atoms with Crippen molar-refractivity contribution in [3.05, 3.63) is 35.9 Å². The van der Waals surface area contributed by atoms with Gasteiger partial charge in [0.2, 0.25) is 0 Å². The van der Waals surface area contributed by atoms with Gasteiger partial charge in [-0.3, -0.25) is 4.90 Å². The summed E-state index contributed by atoms with van der Waals surface area (Å²) < 4.78 is 0. The van der Waals surface area contributed by atoms with Crippen molar-refractivity contribution < 1.29 is 0 Å². The monoisotopic (exact) mass is 274 g/mol. The highest BCUT2D eigenvalue weighted by Crippen LogP contribution is 2.20. The van der Waals surface area contributed by atoms with E-state index in [1.54, 1.807) is 0 Å². The van der Waals surface area contributed by atoms with Crippen LogP contribution in [0.5, 0.6) is 0 Å². The second kappa shape index (κ2) is 7.24. The molecule has 2 nitrogen and oxygen atoms in total. The smallest absolute Gasteiger partial charge is 0.0264 e. The van der Waals surface area contributed by atoms with E-state index >= 15 is 0 Å². The second-order valence-corrected chi connectivity index (χ2v) is 6.53. The largest absolute Gasteiger partial charge is 0.311 e. The van der Waals surface area contributed by atoms with Gasteiger partial charge in [-0.05, 0) is 31.7 Å². The molecule has 1 aliphatic rings. The molecule has 1 fully saturated rings. The van der Waals surface area contributed by atoms with Gasteiger partial charge in [-0.2, -0.15) is 0 Å². The van der Waals surface area contributed by atoms with Crippen LogP contribution in [0.1, 0.15) is 39.7 Å². The molecule has 1 aromatic carbocycles. The van der Waals surface area contributed by atoms with Crippen molar-refractivity contribution in [2.24, 2.45) is 5.92 Å². The zero-order chi connectivity index (χ0) is 14.5. The Balaban J connectivity index is 2.02. The maximum Gasteiger partial charge on any atom is 0.0264 e. The average molecular weight is 274 g/mol. The van der Waals surface area contributed by atoms with Gasteiger partial charge in [0.05, 0.1) is 0 Å². The van der Waals surface area contributed by atoms with E-state index in [9.17, 15) is 0 Å². The molecule has 0 bridgehead atoms. The molecule has 2 heteroatoms. The predicted octanol–water partition coefficient (Wildman–Crippen LogP) is 3.33. The van der Waals surface area contributed by atoms with Crippen molar-refractivity contribution in [2.75, 3.05) is 13.1 Å². The summed E-state index contributed by atoms with van der Waals surface area (Å²) in [6, 6.07) is 12.8. The minimum absolute atomic E-state index is 0.623. The number of piperazine rings is 1. The predicted molar refractivity (Wildman–Crippen MR) is 87.0 cm³/mol. The van der Waals surface area contributed by atoms with Crippen LogP contribution < -0.4 is 5.32 Å². The molecular formula is C18H30N2. The van der Waals surface area contributed by atoms with Crippen LogP contribution >= 0.6 is 0 Å². The van der Waals surface area contributed by atoms with E-state index in [1.165, 1.54) is 18.5 Å². The van der Waals surface area contributed by atoms with E-state index in [0.717, 1.165) is 18.9 Å². The average Bonchev–Trinajstić information content (AvgIpc) is 2.47. The Bertz CT molecular complexity index is 388. The van der Waals surface area contributed by atoms with Crippen LogP contribution in [0.4, 0.5) is 0 Å². The Morgan fingerprint density at radius 1 is 1.20 bits per heavy atom. The summed E-state index contributed by atoms with van der Waals surface area (Å²) in [6.45, 7) is 11.6. The summed E-state index contributed by atoms with van der Waals surface area (Å²) in [5.41, 5.74) is 1.45. The van der Waals surface area contributed by atoms with Gasteiger partial charge in [-0.25, -0.2) is 0 Å². The lowest BCUT2D eigenvalue weighted by Crippen LogP contribution is -2.60. The lowest BCUT2D eigenvalue weighted by molar-refractivity contribution is 0.0799. The van der Waals surface area contributed by atoms with Gasteiger partial charge in [0, 0.05) is 31.2 Å². The number of hydrogen-bond donors (Lipinski definition) is 1. The first-order valence-corrected chi connectivity index (χ1v) is 8.14. The summed E-state index contributed by atoms with van der Waals surface area (Å²) in [7, 11) is 0. The maximum atomic E-state index is 3.78. The normalized spacial score (nSPS) is 25.9. The minimum atomic E-state index is 0.623. The second-order valence-electron chi connectivity index (χ2n) is 6.53. The quantitative estimate of drug-likeness (QED) is 0.886. The third-order valence-corrected chi connectivity index (χ3v) is 4.80. The molecule has 3 atom stereocenters. The van der Waals surface area contributed by atoms with E-state index in [4.69, 9.17) is 0 Å². The fourth-order valence-electron chi connectivity index (χ4n) is 3.22. The SMILES string of the molecule is CCC(C)C1CN(C(C)C)C(Cc2ccccc2)CN1. The van der Waals surface area contributed by atoms with Gasteiger partial charge in [-0.15, -0.1) is 0 Å². The highest BCUT2D eigenvalue weighted by Gasteiger charge is 2.31. The van der Waals surface area contributed by atoms with E-state index in [0.29, 0.717) is 18.1 Å². The molecule has 3 unspecified atom stereocenters. The van der Waals surface area contributed by atoms with Crippen LogP contribution in [-0.4, -0.2) is 36.1 Å². The molecule has 0 amide bonds. The Kier molecular flexibility index (Phi) is 5.62. The third kappa shape index (κ3) is 3.83. The zero-order valence-corrected chi connectivity index (χ0v) is 13.5. The highest BCUT2D eigenvalue weighted by molar-refractivity contribution is 5.16. The molecule has 0 radical (unpaired) electrons. The summed E-state index contributed by atoms with van der Waals surface area (Å²) >= 11 is 0. The molecule has 0 spiro atoms. The third-order valence-electron chi connectivity index (χ3n) is 4.80. The molecule has 20 heavy (non-hydrogen) atoms. The van der Waals surface area contributed by atoms with Crippen LogP contribution in [0.3, 0.4) is 0 Å². The van der Waals surface area contributed by atoms with Crippen LogP contribution in [0.25, 0.3) is 0 Å². The van der Waals surface area contributed by atoms with E-state index in [1.807, 2.05) is 0 Å². The van der Waals surface area contributed by atoms with Crippen molar-refractivity contribution in [1.82, 2.24) is 10.2 Å². The van der Waals surface area contributed by atoms with Crippen molar-refractivity contribution in [3.63, 3.8) is 0 Å². The van der Waals surface area contributed by atoms with E-state index < -0.39 is 0 Å². The molecular weight excluding hydrogens is 244 g/mol. The van der Waals surface area contributed by atoms with Crippen LogP contribution in [0, 0.1) is 5.92 Å².